The van der Waals surface area contributed by atoms with E-state index in [4.69, 9.17) is 0 Å². The first-order valence-electron chi connectivity index (χ1n) is 5.68. The van der Waals surface area contributed by atoms with Gasteiger partial charge in [0.1, 0.15) is 0 Å². The molecule has 0 aliphatic heterocycles. The molecule has 0 heterocycles. The molecule has 1 rings (SSSR count). The van der Waals surface area contributed by atoms with Crippen LogP contribution in [0.25, 0.3) is 0 Å². The molecule has 0 unspecified atom stereocenters. The van der Waals surface area contributed by atoms with Crippen LogP contribution in [0.1, 0.15) is 19.4 Å². The second-order valence-corrected chi connectivity index (χ2v) is 6.21. The van der Waals surface area contributed by atoms with Crippen LogP contribution in [-0.4, -0.2) is 21.0 Å². The summed E-state index contributed by atoms with van der Waals surface area (Å²) in [6.45, 7) is 6.07. The normalized spacial score (nSPS) is 11.3. The highest BCUT2D eigenvalue weighted by Gasteiger charge is 2.17. The van der Waals surface area contributed by atoms with Gasteiger partial charge in [0.25, 0.3) is 10.0 Å². The molecule has 0 atom stereocenters. The lowest BCUT2D eigenvalue weighted by atomic mass is 10.2. The van der Waals surface area contributed by atoms with Crippen LogP contribution in [-0.2, 0) is 10.0 Å². The first kappa shape index (κ1) is 14.5. The first-order chi connectivity index (χ1) is 8.31. The molecule has 6 heteroatoms. The number of amides is 2. The maximum absolute atomic E-state index is 11.9. The highest BCUT2D eigenvalue weighted by molar-refractivity contribution is 7.90. The predicted molar refractivity (Wildman–Crippen MR) is 69.7 cm³/mol. The Morgan fingerprint density at radius 3 is 2.56 bits per heavy atom. The Morgan fingerprint density at radius 2 is 2.00 bits per heavy atom. The molecule has 18 heavy (non-hydrogen) atoms. The van der Waals surface area contributed by atoms with Crippen LogP contribution in [0.3, 0.4) is 0 Å². The molecule has 5 nitrogen and oxygen atoms in total. The zero-order valence-electron chi connectivity index (χ0n) is 10.7. The third kappa shape index (κ3) is 4.37. The smallest absolute Gasteiger partial charge is 0.328 e. The lowest BCUT2D eigenvalue weighted by Gasteiger charge is -2.10. The number of carbonyl (C=O) groups excluding carboxylic acids is 1. The number of carbonyl (C=O) groups is 1. The highest BCUT2D eigenvalue weighted by atomic mass is 32.2. The molecule has 0 saturated carbocycles. The monoisotopic (exact) mass is 270 g/mol. The number of aryl methyl sites for hydroxylation is 1. The Bertz CT molecular complexity index is 524. The van der Waals surface area contributed by atoms with E-state index in [0.717, 1.165) is 5.56 Å². The first-order valence-corrected chi connectivity index (χ1v) is 7.17. The zero-order chi connectivity index (χ0) is 13.8. The lowest BCUT2D eigenvalue weighted by Crippen LogP contribution is -2.40. The van der Waals surface area contributed by atoms with Gasteiger partial charge in [-0.1, -0.05) is 26.0 Å². The van der Waals surface area contributed by atoms with Gasteiger partial charge in [0, 0.05) is 6.54 Å². The van der Waals surface area contributed by atoms with Crippen LogP contribution in [0.2, 0.25) is 0 Å². The molecule has 2 N–H and O–H groups in total. The summed E-state index contributed by atoms with van der Waals surface area (Å²) in [6.07, 6.45) is 0. The van der Waals surface area contributed by atoms with Gasteiger partial charge in [-0.15, -0.1) is 0 Å². The summed E-state index contributed by atoms with van der Waals surface area (Å²) >= 11 is 0. The molecule has 0 spiro atoms. The second-order valence-electron chi connectivity index (χ2n) is 4.53. The highest BCUT2D eigenvalue weighted by Crippen LogP contribution is 2.10. The quantitative estimate of drug-likeness (QED) is 0.873. The third-order valence-corrected chi connectivity index (χ3v) is 3.53. The van der Waals surface area contributed by atoms with Crippen molar-refractivity contribution < 1.29 is 13.2 Å². The van der Waals surface area contributed by atoms with Crippen molar-refractivity contribution in [2.75, 3.05) is 6.54 Å². The Labute approximate surface area is 108 Å². The average molecular weight is 270 g/mol. The second kappa shape index (κ2) is 5.86. The summed E-state index contributed by atoms with van der Waals surface area (Å²) < 4.78 is 25.7. The van der Waals surface area contributed by atoms with Crippen molar-refractivity contribution in [3.63, 3.8) is 0 Å². The van der Waals surface area contributed by atoms with E-state index in [1.54, 1.807) is 19.1 Å². The van der Waals surface area contributed by atoms with Crippen molar-refractivity contribution in [1.82, 2.24) is 10.0 Å². The van der Waals surface area contributed by atoms with Gasteiger partial charge in [-0.3, -0.25) is 0 Å². The van der Waals surface area contributed by atoms with Crippen molar-refractivity contribution in [1.29, 1.82) is 0 Å². The van der Waals surface area contributed by atoms with Gasteiger partial charge < -0.3 is 5.32 Å². The fourth-order valence-corrected chi connectivity index (χ4v) is 2.33. The lowest BCUT2D eigenvalue weighted by molar-refractivity contribution is 0.244. The maximum Gasteiger partial charge on any atom is 0.328 e. The molecule has 0 saturated heterocycles. The molecule has 100 valence electrons. The van der Waals surface area contributed by atoms with E-state index in [-0.39, 0.29) is 10.8 Å². The topological polar surface area (TPSA) is 75.3 Å². The van der Waals surface area contributed by atoms with E-state index in [2.05, 4.69) is 5.32 Å². The van der Waals surface area contributed by atoms with Crippen LogP contribution >= 0.6 is 0 Å². The standard InChI is InChI=1S/C12H18N2O3S/c1-9(2)8-13-12(15)14-18(16,17)11-6-4-5-10(3)7-11/h4-7,9H,8H2,1-3H3,(H2,13,14,15). The van der Waals surface area contributed by atoms with Gasteiger partial charge in [-0.2, -0.15) is 0 Å². The summed E-state index contributed by atoms with van der Waals surface area (Å²) in [5, 5.41) is 2.49. The van der Waals surface area contributed by atoms with Gasteiger partial charge in [0.2, 0.25) is 0 Å². The van der Waals surface area contributed by atoms with Crippen molar-refractivity contribution in [2.24, 2.45) is 5.92 Å². The SMILES string of the molecule is Cc1cccc(S(=O)(=O)NC(=O)NCC(C)C)c1. The fourth-order valence-electron chi connectivity index (χ4n) is 1.30. The van der Waals surface area contributed by atoms with Crippen molar-refractivity contribution in [3.05, 3.63) is 29.8 Å². The summed E-state index contributed by atoms with van der Waals surface area (Å²) in [5.41, 5.74) is 0.820. The van der Waals surface area contributed by atoms with Gasteiger partial charge in [-0.05, 0) is 30.5 Å². The van der Waals surface area contributed by atoms with Crippen LogP contribution in [0, 0.1) is 12.8 Å². The molecule has 0 fully saturated rings. The maximum atomic E-state index is 11.9. The molecule has 0 radical (unpaired) electrons. The molecule has 0 aliphatic carbocycles. The van der Waals surface area contributed by atoms with Crippen LogP contribution in [0.15, 0.2) is 29.2 Å². The third-order valence-electron chi connectivity index (χ3n) is 2.20. The predicted octanol–water partition coefficient (Wildman–Crippen LogP) is 1.64. The average Bonchev–Trinajstić information content (AvgIpc) is 2.26. The largest absolute Gasteiger partial charge is 0.337 e. The fraction of sp³-hybridized carbons (Fsp3) is 0.417. The molecule has 1 aromatic rings. The van der Waals surface area contributed by atoms with E-state index >= 15 is 0 Å². The molecular formula is C12H18N2O3S. The van der Waals surface area contributed by atoms with Crippen LogP contribution in [0.4, 0.5) is 4.79 Å². The Kier molecular flexibility index (Phi) is 4.72. The molecule has 2 amide bonds. The van der Waals surface area contributed by atoms with E-state index in [1.165, 1.54) is 12.1 Å². The van der Waals surface area contributed by atoms with E-state index in [0.29, 0.717) is 6.54 Å². The van der Waals surface area contributed by atoms with Crippen molar-refractivity contribution >= 4 is 16.1 Å². The van der Waals surface area contributed by atoms with Crippen LogP contribution in [0.5, 0.6) is 0 Å². The summed E-state index contributed by atoms with van der Waals surface area (Å²) in [5.74, 6) is 0.262. The number of benzene rings is 1. The van der Waals surface area contributed by atoms with Crippen molar-refractivity contribution in [3.8, 4) is 0 Å². The van der Waals surface area contributed by atoms with E-state index < -0.39 is 16.1 Å². The minimum Gasteiger partial charge on any atom is -0.337 e. The number of urea groups is 1. The van der Waals surface area contributed by atoms with Crippen molar-refractivity contribution in [2.45, 2.75) is 25.7 Å². The van der Waals surface area contributed by atoms with Gasteiger partial charge in [0.15, 0.2) is 0 Å². The number of sulfonamides is 1. The summed E-state index contributed by atoms with van der Waals surface area (Å²) in [7, 11) is -3.79. The molecule has 0 aromatic heterocycles. The minimum absolute atomic E-state index is 0.0854. The number of hydrogen-bond donors (Lipinski definition) is 2. The molecular weight excluding hydrogens is 252 g/mol. The van der Waals surface area contributed by atoms with E-state index in [9.17, 15) is 13.2 Å². The molecule has 0 bridgehead atoms. The number of nitrogens with one attached hydrogen (secondary N) is 2. The Balaban J connectivity index is 2.74. The van der Waals surface area contributed by atoms with Gasteiger partial charge in [-0.25, -0.2) is 17.9 Å². The number of rotatable bonds is 4. The molecule has 1 aromatic carbocycles. The summed E-state index contributed by atoms with van der Waals surface area (Å²) in [6, 6.07) is 5.68. The minimum atomic E-state index is -3.79. The Hall–Kier alpha value is -1.56. The Morgan fingerprint density at radius 1 is 1.33 bits per heavy atom. The van der Waals surface area contributed by atoms with Gasteiger partial charge >= 0.3 is 6.03 Å². The summed E-state index contributed by atoms with van der Waals surface area (Å²) in [4.78, 5) is 11.5. The van der Waals surface area contributed by atoms with E-state index in [1.807, 2.05) is 18.6 Å². The zero-order valence-corrected chi connectivity index (χ0v) is 11.5. The number of hydrogen-bond acceptors (Lipinski definition) is 3. The van der Waals surface area contributed by atoms with Gasteiger partial charge in [0.05, 0.1) is 4.90 Å². The molecule has 0 aliphatic rings. The van der Waals surface area contributed by atoms with Crippen LogP contribution < -0.4 is 10.0 Å².